The summed E-state index contributed by atoms with van der Waals surface area (Å²) in [6.07, 6.45) is 4.43. The molecule has 1 N–H and O–H groups in total. The maximum Gasteiger partial charge on any atom is 0.311 e. The van der Waals surface area contributed by atoms with E-state index in [9.17, 15) is 19.5 Å². The van der Waals surface area contributed by atoms with Crippen molar-refractivity contribution in [1.82, 2.24) is 4.90 Å². The van der Waals surface area contributed by atoms with Crippen LogP contribution in [0.25, 0.3) is 0 Å². The molecule has 3 unspecified atom stereocenters. The van der Waals surface area contributed by atoms with Gasteiger partial charge in [-0.3, -0.25) is 14.4 Å². The molecule has 3 fully saturated rings. The number of fused-ring (bicyclic) bond motifs is 1. The largest absolute Gasteiger partial charge is 0.461 e. The zero-order valence-electron chi connectivity index (χ0n) is 22.2. The van der Waals surface area contributed by atoms with E-state index in [4.69, 9.17) is 4.74 Å². The number of carbonyl (C=O) groups excluding carboxylic acids is 3. The van der Waals surface area contributed by atoms with Crippen molar-refractivity contribution in [2.45, 2.75) is 62.6 Å². The van der Waals surface area contributed by atoms with Crippen molar-refractivity contribution >= 4 is 35.2 Å². The summed E-state index contributed by atoms with van der Waals surface area (Å²) >= 11 is 1.60. The van der Waals surface area contributed by atoms with E-state index >= 15 is 0 Å². The van der Waals surface area contributed by atoms with Crippen LogP contribution in [0.5, 0.6) is 0 Å². The molecule has 8 heteroatoms. The lowest BCUT2D eigenvalue weighted by atomic mass is 9.66. The number of hydrogen-bond acceptors (Lipinski definition) is 6. The van der Waals surface area contributed by atoms with Gasteiger partial charge in [0.1, 0.15) is 12.6 Å². The molecule has 7 nitrogen and oxygen atoms in total. The van der Waals surface area contributed by atoms with Crippen LogP contribution >= 0.6 is 11.8 Å². The number of thioether (sulfide) groups is 1. The molecule has 7 atom stereocenters. The van der Waals surface area contributed by atoms with E-state index < -0.39 is 34.6 Å². The van der Waals surface area contributed by atoms with Gasteiger partial charge in [-0.15, -0.1) is 18.3 Å². The molecule has 4 rings (SSSR count). The number of ether oxygens (including phenoxy) is 1. The molecule has 3 saturated heterocycles. The fourth-order valence-corrected chi connectivity index (χ4v) is 9.24. The standard InChI is InChI=1S/C29H38N2O5S/c1-7-13-30(24-17(4)11-10-12-18(24)5)27(34)25-29-19(6)15-21(37-29)22(28(35)36-14-8-2)23(29)26(33)31(25)20(9-3)16-32/h7-8,10-12,19-23,25,32H,1-2,9,13-16H2,3-6H3/t19?,20-,21-,22+,23-,25?,29?/m0/s1. The molecule has 0 aliphatic carbocycles. The van der Waals surface area contributed by atoms with E-state index in [2.05, 4.69) is 20.1 Å². The van der Waals surface area contributed by atoms with Crippen molar-refractivity contribution in [2.75, 3.05) is 24.7 Å². The summed E-state index contributed by atoms with van der Waals surface area (Å²) in [5.74, 6) is -2.12. The van der Waals surface area contributed by atoms with Crippen LogP contribution in [-0.4, -0.2) is 69.6 Å². The number of aliphatic hydroxyl groups excluding tert-OH is 1. The molecule has 3 aliphatic heterocycles. The Morgan fingerprint density at radius 3 is 2.54 bits per heavy atom. The van der Waals surface area contributed by atoms with Gasteiger partial charge in [-0.1, -0.05) is 50.8 Å². The van der Waals surface area contributed by atoms with Gasteiger partial charge >= 0.3 is 5.97 Å². The third-order valence-corrected chi connectivity index (χ3v) is 10.5. The first-order valence-electron chi connectivity index (χ1n) is 13.1. The molecule has 1 aromatic carbocycles. The predicted molar refractivity (Wildman–Crippen MR) is 146 cm³/mol. The molecule has 0 aromatic heterocycles. The number of carbonyl (C=O) groups is 3. The molecule has 1 aromatic rings. The smallest absolute Gasteiger partial charge is 0.311 e. The number of amides is 2. The molecule has 1 spiro atoms. The van der Waals surface area contributed by atoms with Crippen LogP contribution in [0.15, 0.2) is 43.5 Å². The summed E-state index contributed by atoms with van der Waals surface area (Å²) in [5.41, 5.74) is 2.72. The van der Waals surface area contributed by atoms with Crippen LogP contribution in [-0.2, 0) is 19.1 Å². The fraction of sp³-hybridized carbons (Fsp3) is 0.552. The molecular formula is C29H38N2O5S. The number of likely N-dealkylation sites (tertiary alicyclic amines) is 1. The van der Waals surface area contributed by atoms with E-state index in [1.165, 1.54) is 6.08 Å². The number of para-hydroxylation sites is 1. The number of hydrogen-bond donors (Lipinski definition) is 1. The summed E-state index contributed by atoms with van der Waals surface area (Å²) in [6, 6.07) is 4.55. The molecule has 0 radical (unpaired) electrons. The van der Waals surface area contributed by atoms with Crippen LogP contribution in [0.2, 0.25) is 0 Å². The third kappa shape index (κ3) is 4.13. The van der Waals surface area contributed by atoms with Gasteiger partial charge in [0.05, 0.1) is 29.2 Å². The first-order valence-corrected chi connectivity index (χ1v) is 13.9. The molecule has 0 saturated carbocycles. The fourth-order valence-electron chi connectivity index (χ4n) is 6.85. The second-order valence-electron chi connectivity index (χ2n) is 10.4. The molecule has 3 heterocycles. The molecule has 2 bridgehead atoms. The summed E-state index contributed by atoms with van der Waals surface area (Å²) in [7, 11) is 0. The Bertz CT molecular complexity index is 1080. The molecule has 3 aliphatic rings. The zero-order valence-corrected chi connectivity index (χ0v) is 23.0. The minimum Gasteiger partial charge on any atom is -0.461 e. The van der Waals surface area contributed by atoms with E-state index in [0.29, 0.717) is 6.42 Å². The lowest BCUT2D eigenvalue weighted by Crippen LogP contribution is -2.59. The van der Waals surface area contributed by atoms with Crippen LogP contribution in [0, 0.1) is 31.6 Å². The van der Waals surface area contributed by atoms with Crippen LogP contribution < -0.4 is 4.90 Å². The van der Waals surface area contributed by atoms with Gasteiger partial charge in [-0.25, -0.2) is 0 Å². The van der Waals surface area contributed by atoms with Gasteiger partial charge in [0, 0.05) is 17.5 Å². The van der Waals surface area contributed by atoms with Crippen molar-refractivity contribution < 1.29 is 24.2 Å². The van der Waals surface area contributed by atoms with E-state index in [-0.39, 0.29) is 42.7 Å². The second-order valence-corrected chi connectivity index (χ2v) is 12.0. The van der Waals surface area contributed by atoms with Crippen molar-refractivity contribution in [3.05, 3.63) is 54.6 Å². The van der Waals surface area contributed by atoms with E-state index in [1.807, 2.05) is 39.0 Å². The maximum absolute atomic E-state index is 14.7. The highest BCUT2D eigenvalue weighted by Gasteiger charge is 2.77. The Labute approximate surface area is 223 Å². The van der Waals surface area contributed by atoms with Crippen LogP contribution in [0.1, 0.15) is 37.8 Å². The minimum atomic E-state index is -0.816. The summed E-state index contributed by atoms with van der Waals surface area (Å²) < 4.78 is 4.67. The summed E-state index contributed by atoms with van der Waals surface area (Å²) in [6.45, 7) is 15.6. The Hall–Kier alpha value is -2.58. The Morgan fingerprint density at radius 1 is 1.30 bits per heavy atom. The number of anilines is 1. The maximum atomic E-state index is 14.7. The van der Waals surface area contributed by atoms with E-state index in [0.717, 1.165) is 23.2 Å². The average molecular weight is 527 g/mol. The first kappa shape index (κ1) is 27.5. The first-order chi connectivity index (χ1) is 17.7. The number of aryl methyl sites for hydroxylation is 2. The Balaban J connectivity index is 1.87. The van der Waals surface area contributed by atoms with Gasteiger partial charge in [-0.2, -0.15) is 0 Å². The van der Waals surface area contributed by atoms with Gasteiger partial charge in [0.25, 0.3) is 5.91 Å². The number of benzene rings is 1. The Morgan fingerprint density at radius 2 is 1.97 bits per heavy atom. The Kier molecular flexibility index (Phi) is 7.91. The highest BCUT2D eigenvalue weighted by molar-refractivity contribution is 8.02. The average Bonchev–Trinajstić information content (AvgIpc) is 3.46. The second kappa shape index (κ2) is 10.7. The van der Waals surface area contributed by atoms with Gasteiger partial charge < -0.3 is 19.6 Å². The van der Waals surface area contributed by atoms with Gasteiger partial charge in [0.2, 0.25) is 5.91 Å². The number of nitrogens with zero attached hydrogens (tertiary/aromatic N) is 2. The zero-order chi connectivity index (χ0) is 27.1. The predicted octanol–water partition coefficient (Wildman–Crippen LogP) is 3.66. The van der Waals surface area contributed by atoms with Gasteiger partial charge in [-0.05, 0) is 43.7 Å². The number of esters is 1. The minimum absolute atomic E-state index is 0.0265. The summed E-state index contributed by atoms with van der Waals surface area (Å²) in [5, 5.41) is 10.2. The van der Waals surface area contributed by atoms with E-state index in [1.54, 1.807) is 27.6 Å². The van der Waals surface area contributed by atoms with Crippen LogP contribution in [0.4, 0.5) is 5.69 Å². The highest BCUT2D eigenvalue weighted by Crippen LogP contribution is 2.69. The van der Waals surface area contributed by atoms with Crippen molar-refractivity contribution in [2.24, 2.45) is 17.8 Å². The highest BCUT2D eigenvalue weighted by atomic mass is 32.2. The van der Waals surface area contributed by atoms with Crippen molar-refractivity contribution in [3.63, 3.8) is 0 Å². The lowest BCUT2D eigenvalue weighted by molar-refractivity contribution is -0.154. The molecule has 200 valence electrons. The van der Waals surface area contributed by atoms with Crippen molar-refractivity contribution in [3.8, 4) is 0 Å². The molecule has 2 amide bonds. The number of aliphatic hydroxyl groups is 1. The monoisotopic (exact) mass is 526 g/mol. The normalized spacial score (nSPS) is 30.7. The topological polar surface area (TPSA) is 87.2 Å². The van der Waals surface area contributed by atoms with Gasteiger partial charge in [0.15, 0.2) is 0 Å². The molecule has 37 heavy (non-hydrogen) atoms. The lowest BCUT2D eigenvalue weighted by Gasteiger charge is -2.42. The van der Waals surface area contributed by atoms with Crippen LogP contribution in [0.3, 0.4) is 0 Å². The number of rotatable bonds is 10. The quantitative estimate of drug-likeness (QED) is 0.370. The third-order valence-electron chi connectivity index (χ3n) is 8.40. The molecular weight excluding hydrogens is 488 g/mol. The SMILES string of the molecule is C=CCOC(=O)[C@@H]1[C@@H]2CC(C)C3(S2)C(C(=O)N(CC=C)c2c(C)cccc2C)N([C@@H](CC)CO)C(=O)[C@H]13. The summed E-state index contributed by atoms with van der Waals surface area (Å²) in [4.78, 5) is 45.5. The van der Waals surface area contributed by atoms with Crippen molar-refractivity contribution in [1.29, 1.82) is 0 Å².